The number of carbonyl (C=O) groups is 1. The standard InChI is InChI=1S/C17H18ClN3O3/c18-14-3-1-4-15(7-14)24-11-17(23)5-2-6-21(10-17)16(22)13-8-19-12-20-9-13/h1,3-4,7-9,12,23H,2,5-6,10-11H2. The second-order valence-corrected chi connectivity index (χ2v) is 6.36. The molecule has 0 aliphatic carbocycles. The van der Waals surface area contributed by atoms with Crippen LogP contribution >= 0.6 is 11.6 Å². The molecule has 1 aliphatic rings. The van der Waals surface area contributed by atoms with Gasteiger partial charge in [0.1, 0.15) is 24.3 Å². The summed E-state index contributed by atoms with van der Waals surface area (Å²) in [4.78, 5) is 21.8. The molecule has 1 unspecified atom stereocenters. The summed E-state index contributed by atoms with van der Waals surface area (Å²) >= 11 is 5.93. The molecule has 1 N–H and O–H groups in total. The molecule has 0 bridgehead atoms. The zero-order chi connectivity index (χ0) is 17.0. The van der Waals surface area contributed by atoms with Crippen molar-refractivity contribution in [2.45, 2.75) is 18.4 Å². The van der Waals surface area contributed by atoms with Gasteiger partial charge in [0.2, 0.25) is 0 Å². The first-order valence-electron chi connectivity index (χ1n) is 7.71. The fraction of sp³-hybridized carbons (Fsp3) is 0.353. The molecule has 24 heavy (non-hydrogen) atoms. The highest BCUT2D eigenvalue weighted by Crippen LogP contribution is 2.25. The topological polar surface area (TPSA) is 75.6 Å². The van der Waals surface area contributed by atoms with Crippen LogP contribution in [0.1, 0.15) is 23.2 Å². The smallest absolute Gasteiger partial charge is 0.257 e. The maximum Gasteiger partial charge on any atom is 0.257 e. The normalized spacial score (nSPS) is 20.7. The fourth-order valence-corrected chi connectivity index (χ4v) is 2.95. The Morgan fingerprint density at radius 2 is 2.17 bits per heavy atom. The summed E-state index contributed by atoms with van der Waals surface area (Å²) in [5.74, 6) is 0.410. The van der Waals surface area contributed by atoms with E-state index >= 15 is 0 Å². The largest absolute Gasteiger partial charge is 0.490 e. The number of amides is 1. The summed E-state index contributed by atoms with van der Waals surface area (Å²) in [7, 11) is 0. The van der Waals surface area contributed by atoms with E-state index in [0.717, 1.165) is 0 Å². The van der Waals surface area contributed by atoms with Crippen LogP contribution in [-0.4, -0.2) is 51.2 Å². The number of rotatable bonds is 4. The van der Waals surface area contributed by atoms with Gasteiger partial charge >= 0.3 is 0 Å². The van der Waals surface area contributed by atoms with E-state index in [4.69, 9.17) is 16.3 Å². The van der Waals surface area contributed by atoms with E-state index in [0.29, 0.717) is 35.7 Å². The number of hydrogen-bond donors (Lipinski definition) is 1. The Kier molecular flexibility index (Phi) is 4.97. The van der Waals surface area contributed by atoms with Crippen LogP contribution in [0.2, 0.25) is 5.02 Å². The van der Waals surface area contributed by atoms with Crippen molar-refractivity contribution in [3.8, 4) is 5.75 Å². The SMILES string of the molecule is O=C(c1cncnc1)N1CCCC(O)(COc2cccc(Cl)c2)C1. The summed E-state index contributed by atoms with van der Waals surface area (Å²) < 4.78 is 5.67. The van der Waals surface area contributed by atoms with Gasteiger partial charge in [-0.25, -0.2) is 9.97 Å². The van der Waals surface area contributed by atoms with Crippen LogP contribution < -0.4 is 4.74 Å². The summed E-state index contributed by atoms with van der Waals surface area (Å²) in [6.45, 7) is 0.900. The minimum atomic E-state index is -1.09. The Morgan fingerprint density at radius 3 is 2.92 bits per heavy atom. The molecule has 1 amide bonds. The lowest BCUT2D eigenvalue weighted by molar-refractivity contribution is -0.0532. The number of halogens is 1. The molecule has 3 rings (SSSR count). The maximum absolute atomic E-state index is 12.5. The van der Waals surface area contributed by atoms with Crippen molar-refractivity contribution in [1.82, 2.24) is 14.9 Å². The third kappa shape index (κ3) is 4.01. The molecule has 0 saturated carbocycles. The van der Waals surface area contributed by atoms with E-state index in [9.17, 15) is 9.90 Å². The van der Waals surface area contributed by atoms with Gasteiger partial charge in [-0.3, -0.25) is 4.79 Å². The Balaban J connectivity index is 1.64. The average molecular weight is 348 g/mol. The van der Waals surface area contributed by atoms with Crippen molar-refractivity contribution >= 4 is 17.5 Å². The van der Waals surface area contributed by atoms with Gasteiger partial charge in [-0.2, -0.15) is 0 Å². The van der Waals surface area contributed by atoms with Crippen LogP contribution in [0.25, 0.3) is 0 Å². The first-order chi connectivity index (χ1) is 11.6. The lowest BCUT2D eigenvalue weighted by atomic mass is 9.93. The molecule has 2 heterocycles. The molecular formula is C17H18ClN3O3. The molecule has 1 saturated heterocycles. The summed E-state index contributed by atoms with van der Waals surface area (Å²) in [6, 6.07) is 7.01. The fourth-order valence-electron chi connectivity index (χ4n) is 2.77. The van der Waals surface area contributed by atoms with Crippen LogP contribution in [-0.2, 0) is 0 Å². The molecule has 1 fully saturated rings. The van der Waals surface area contributed by atoms with Gasteiger partial charge in [0.05, 0.1) is 12.1 Å². The molecule has 0 spiro atoms. The number of carbonyl (C=O) groups excluding carboxylic acids is 1. The molecule has 1 aromatic carbocycles. The van der Waals surface area contributed by atoms with Crippen molar-refractivity contribution in [2.75, 3.05) is 19.7 Å². The molecule has 126 valence electrons. The molecule has 2 aromatic rings. The molecule has 7 heteroatoms. The van der Waals surface area contributed by atoms with Gasteiger partial charge < -0.3 is 14.7 Å². The lowest BCUT2D eigenvalue weighted by Crippen LogP contribution is -2.53. The van der Waals surface area contributed by atoms with Gasteiger partial charge in [-0.05, 0) is 31.0 Å². The predicted molar refractivity (Wildman–Crippen MR) is 89.1 cm³/mol. The third-order valence-electron chi connectivity index (χ3n) is 3.95. The number of benzene rings is 1. The van der Waals surface area contributed by atoms with Crippen molar-refractivity contribution in [3.63, 3.8) is 0 Å². The second-order valence-electron chi connectivity index (χ2n) is 5.93. The monoisotopic (exact) mass is 347 g/mol. The predicted octanol–water partition coefficient (Wildman–Crippen LogP) is 2.18. The van der Waals surface area contributed by atoms with Crippen molar-refractivity contribution < 1.29 is 14.6 Å². The number of aliphatic hydroxyl groups is 1. The Labute approximate surface area is 145 Å². The molecule has 1 aliphatic heterocycles. The van der Waals surface area contributed by atoms with Crippen LogP contribution in [0.4, 0.5) is 0 Å². The minimum absolute atomic E-state index is 0.0996. The van der Waals surface area contributed by atoms with Crippen molar-refractivity contribution in [2.24, 2.45) is 0 Å². The third-order valence-corrected chi connectivity index (χ3v) is 4.19. The van der Waals surface area contributed by atoms with Crippen molar-refractivity contribution in [3.05, 3.63) is 53.6 Å². The second kappa shape index (κ2) is 7.15. The van der Waals surface area contributed by atoms with Gasteiger partial charge in [0.15, 0.2) is 0 Å². The number of piperidine rings is 1. The van der Waals surface area contributed by atoms with Crippen LogP contribution in [0.3, 0.4) is 0 Å². The zero-order valence-electron chi connectivity index (χ0n) is 13.1. The zero-order valence-corrected chi connectivity index (χ0v) is 13.8. The summed E-state index contributed by atoms with van der Waals surface area (Å²) in [5, 5.41) is 11.4. The number of aromatic nitrogens is 2. The van der Waals surface area contributed by atoms with Gasteiger partial charge in [-0.1, -0.05) is 17.7 Å². The van der Waals surface area contributed by atoms with Gasteiger partial charge in [-0.15, -0.1) is 0 Å². The average Bonchev–Trinajstić information content (AvgIpc) is 2.60. The quantitative estimate of drug-likeness (QED) is 0.917. The Morgan fingerprint density at radius 1 is 1.38 bits per heavy atom. The molecule has 1 aromatic heterocycles. The van der Waals surface area contributed by atoms with E-state index in [1.807, 2.05) is 0 Å². The first-order valence-corrected chi connectivity index (χ1v) is 8.09. The number of hydrogen-bond acceptors (Lipinski definition) is 5. The maximum atomic E-state index is 12.5. The minimum Gasteiger partial charge on any atom is -0.490 e. The van der Waals surface area contributed by atoms with E-state index in [-0.39, 0.29) is 19.1 Å². The van der Waals surface area contributed by atoms with Gasteiger partial charge in [0, 0.05) is 24.0 Å². The van der Waals surface area contributed by atoms with E-state index in [1.165, 1.54) is 18.7 Å². The highest BCUT2D eigenvalue weighted by molar-refractivity contribution is 6.30. The number of ether oxygens (including phenoxy) is 1. The molecule has 0 radical (unpaired) electrons. The highest BCUT2D eigenvalue weighted by Gasteiger charge is 2.36. The number of nitrogens with zero attached hydrogens (tertiary/aromatic N) is 3. The molecular weight excluding hydrogens is 330 g/mol. The highest BCUT2D eigenvalue weighted by atomic mass is 35.5. The van der Waals surface area contributed by atoms with Crippen LogP contribution in [0.15, 0.2) is 43.0 Å². The lowest BCUT2D eigenvalue weighted by Gasteiger charge is -2.38. The summed E-state index contributed by atoms with van der Waals surface area (Å²) in [5.41, 5.74) is -0.677. The van der Waals surface area contributed by atoms with E-state index in [1.54, 1.807) is 29.2 Å². The summed E-state index contributed by atoms with van der Waals surface area (Å²) in [6.07, 6.45) is 5.61. The van der Waals surface area contributed by atoms with Crippen molar-refractivity contribution in [1.29, 1.82) is 0 Å². The van der Waals surface area contributed by atoms with E-state index < -0.39 is 5.60 Å². The Hall–Kier alpha value is -2.18. The molecule has 1 atom stereocenters. The Bertz CT molecular complexity index is 713. The first kappa shape index (κ1) is 16.7. The van der Waals surface area contributed by atoms with Crippen LogP contribution in [0.5, 0.6) is 5.75 Å². The van der Waals surface area contributed by atoms with E-state index in [2.05, 4.69) is 9.97 Å². The van der Waals surface area contributed by atoms with Gasteiger partial charge in [0.25, 0.3) is 5.91 Å². The number of β-amino-alcohol motifs (C(OH)–C–C–N with tert-alkyl or cyclic N) is 1. The molecule has 6 nitrogen and oxygen atoms in total. The van der Waals surface area contributed by atoms with Crippen LogP contribution in [0, 0.1) is 0 Å². The number of likely N-dealkylation sites (tertiary alicyclic amines) is 1.